The van der Waals surface area contributed by atoms with E-state index in [2.05, 4.69) is 10.3 Å². The van der Waals surface area contributed by atoms with Crippen LogP contribution in [-0.4, -0.2) is 10.9 Å². The predicted octanol–water partition coefficient (Wildman–Crippen LogP) is 3.85. The molecule has 0 aliphatic heterocycles. The summed E-state index contributed by atoms with van der Waals surface area (Å²) in [5.74, 6) is -1.95. The maximum Gasteiger partial charge on any atom is 0.230 e. The standard InChI is InChI=1S/C17H13F2N3OS/c18-10-5-6-15(13(19)7-10)22-16(23)8-11-9-24-17(21-11)12-3-1-2-4-14(12)20/h1-7,9H,8,20H2,(H,22,23). The number of benzene rings is 2. The lowest BCUT2D eigenvalue weighted by Gasteiger charge is -2.05. The average molecular weight is 345 g/mol. The van der Waals surface area contributed by atoms with E-state index in [9.17, 15) is 13.6 Å². The maximum absolute atomic E-state index is 13.5. The van der Waals surface area contributed by atoms with Crippen LogP contribution in [0.3, 0.4) is 0 Å². The summed E-state index contributed by atoms with van der Waals surface area (Å²) in [5, 5.41) is 4.87. The van der Waals surface area contributed by atoms with Crippen LogP contribution in [0.15, 0.2) is 47.8 Å². The summed E-state index contributed by atoms with van der Waals surface area (Å²) in [6.07, 6.45) is -0.0138. The van der Waals surface area contributed by atoms with Crippen molar-refractivity contribution < 1.29 is 13.6 Å². The van der Waals surface area contributed by atoms with Crippen LogP contribution < -0.4 is 11.1 Å². The van der Waals surface area contributed by atoms with E-state index in [1.807, 2.05) is 18.2 Å². The Morgan fingerprint density at radius 3 is 2.75 bits per heavy atom. The van der Waals surface area contributed by atoms with E-state index in [-0.39, 0.29) is 12.1 Å². The number of aromatic nitrogens is 1. The number of hydrogen-bond donors (Lipinski definition) is 2. The maximum atomic E-state index is 13.5. The van der Waals surface area contributed by atoms with Crippen molar-refractivity contribution in [1.29, 1.82) is 0 Å². The van der Waals surface area contributed by atoms with Crippen LogP contribution in [0.1, 0.15) is 5.69 Å². The van der Waals surface area contributed by atoms with Gasteiger partial charge in [0.15, 0.2) is 0 Å². The van der Waals surface area contributed by atoms with Gasteiger partial charge in [-0.05, 0) is 24.3 Å². The summed E-state index contributed by atoms with van der Waals surface area (Å²) < 4.78 is 26.4. The van der Waals surface area contributed by atoms with Crippen molar-refractivity contribution in [1.82, 2.24) is 4.98 Å². The Labute approximate surface area is 141 Å². The molecule has 0 fully saturated rings. The third-order valence-corrected chi connectivity index (χ3v) is 4.21. The number of amides is 1. The van der Waals surface area contributed by atoms with Gasteiger partial charge in [0, 0.05) is 22.7 Å². The van der Waals surface area contributed by atoms with Gasteiger partial charge in [-0.25, -0.2) is 13.8 Å². The van der Waals surface area contributed by atoms with Gasteiger partial charge >= 0.3 is 0 Å². The lowest BCUT2D eigenvalue weighted by Crippen LogP contribution is -2.15. The molecule has 2 aromatic carbocycles. The number of nitrogens with zero attached hydrogens (tertiary/aromatic N) is 1. The Morgan fingerprint density at radius 2 is 2.00 bits per heavy atom. The smallest absolute Gasteiger partial charge is 0.230 e. The second-order valence-corrected chi connectivity index (χ2v) is 5.94. The number of carbonyl (C=O) groups excluding carboxylic acids is 1. The molecule has 3 aromatic rings. The highest BCUT2D eigenvalue weighted by atomic mass is 32.1. The van der Waals surface area contributed by atoms with Crippen molar-refractivity contribution in [3.05, 3.63) is 65.2 Å². The van der Waals surface area contributed by atoms with Crippen molar-refractivity contribution >= 4 is 28.6 Å². The second kappa shape index (κ2) is 6.76. The molecule has 122 valence electrons. The van der Waals surface area contributed by atoms with Gasteiger partial charge in [-0.1, -0.05) is 12.1 Å². The van der Waals surface area contributed by atoms with Crippen LogP contribution in [0.2, 0.25) is 0 Å². The second-order valence-electron chi connectivity index (χ2n) is 5.08. The highest BCUT2D eigenvalue weighted by Gasteiger charge is 2.12. The first kappa shape index (κ1) is 16.1. The van der Waals surface area contributed by atoms with E-state index < -0.39 is 17.5 Å². The van der Waals surface area contributed by atoms with Gasteiger partial charge in [0.1, 0.15) is 16.6 Å². The van der Waals surface area contributed by atoms with Crippen LogP contribution >= 0.6 is 11.3 Å². The highest BCUT2D eigenvalue weighted by Crippen LogP contribution is 2.28. The minimum Gasteiger partial charge on any atom is -0.398 e. The molecule has 0 saturated heterocycles. The number of para-hydroxylation sites is 1. The summed E-state index contributed by atoms with van der Waals surface area (Å²) in [4.78, 5) is 16.4. The van der Waals surface area contributed by atoms with Gasteiger partial charge in [0.25, 0.3) is 0 Å². The first-order valence-electron chi connectivity index (χ1n) is 7.07. The van der Waals surface area contributed by atoms with Gasteiger partial charge in [-0.15, -0.1) is 11.3 Å². The number of hydrogen-bond acceptors (Lipinski definition) is 4. The normalized spacial score (nSPS) is 10.6. The molecule has 24 heavy (non-hydrogen) atoms. The summed E-state index contributed by atoms with van der Waals surface area (Å²) in [6.45, 7) is 0. The minimum absolute atomic E-state index is 0.0138. The van der Waals surface area contributed by atoms with E-state index in [0.717, 1.165) is 17.7 Å². The summed E-state index contributed by atoms with van der Waals surface area (Å²) in [7, 11) is 0. The zero-order valence-corrected chi connectivity index (χ0v) is 13.2. The van der Waals surface area contributed by atoms with Crippen LogP contribution in [0.4, 0.5) is 20.2 Å². The van der Waals surface area contributed by atoms with Crippen molar-refractivity contribution in [3.63, 3.8) is 0 Å². The molecule has 0 unspecified atom stereocenters. The molecule has 4 nitrogen and oxygen atoms in total. The van der Waals surface area contributed by atoms with Crippen molar-refractivity contribution in [2.24, 2.45) is 0 Å². The Kier molecular flexibility index (Phi) is 4.52. The minimum atomic E-state index is -0.820. The largest absolute Gasteiger partial charge is 0.398 e. The number of rotatable bonds is 4. The lowest BCUT2D eigenvalue weighted by atomic mass is 10.2. The number of nitrogens with two attached hydrogens (primary N) is 1. The Bertz CT molecular complexity index is 895. The van der Waals surface area contributed by atoms with Gasteiger partial charge < -0.3 is 11.1 Å². The first-order chi connectivity index (χ1) is 11.5. The number of carbonyl (C=O) groups is 1. The van der Waals surface area contributed by atoms with Gasteiger partial charge in [-0.3, -0.25) is 4.79 Å². The van der Waals surface area contributed by atoms with Gasteiger partial charge in [-0.2, -0.15) is 0 Å². The SMILES string of the molecule is Nc1ccccc1-c1nc(CC(=O)Nc2ccc(F)cc2F)cs1. The van der Waals surface area contributed by atoms with Crippen molar-refractivity contribution in [2.45, 2.75) is 6.42 Å². The summed E-state index contributed by atoms with van der Waals surface area (Å²) in [5.41, 5.74) is 7.81. The number of halogens is 2. The third-order valence-electron chi connectivity index (χ3n) is 3.29. The number of thiazole rings is 1. The lowest BCUT2D eigenvalue weighted by molar-refractivity contribution is -0.115. The zero-order chi connectivity index (χ0) is 17.1. The summed E-state index contributed by atoms with van der Waals surface area (Å²) >= 11 is 1.38. The topological polar surface area (TPSA) is 68.0 Å². The van der Waals surface area contributed by atoms with E-state index in [0.29, 0.717) is 16.4 Å². The molecule has 1 aromatic heterocycles. The fourth-order valence-electron chi connectivity index (χ4n) is 2.15. The van der Waals surface area contributed by atoms with Crippen molar-refractivity contribution in [2.75, 3.05) is 11.1 Å². The Hall–Kier alpha value is -2.80. The molecule has 3 N–H and O–H groups in total. The average Bonchev–Trinajstić information content (AvgIpc) is 2.99. The van der Waals surface area contributed by atoms with E-state index in [1.165, 1.54) is 17.4 Å². The van der Waals surface area contributed by atoms with Crippen LogP contribution in [0.25, 0.3) is 10.6 Å². The van der Waals surface area contributed by atoms with E-state index in [4.69, 9.17) is 5.73 Å². The van der Waals surface area contributed by atoms with Crippen LogP contribution in [0.5, 0.6) is 0 Å². The van der Waals surface area contributed by atoms with Gasteiger partial charge in [0.05, 0.1) is 17.8 Å². The zero-order valence-electron chi connectivity index (χ0n) is 12.4. The Morgan fingerprint density at radius 1 is 1.21 bits per heavy atom. The number of anilines is 2. The number of nitrogens with one attached hydrogen (secondary N) is 1. The molecule has 0 aliphatic carbocycles. The molecular weight excluding hydrogens is 332 g/mol. The van der Waals surface area contributed by atoms with Crippen LogP contribution in [-0.2, 0) is 11.2 Å². The molecule has 1 heterocycles. The molecule has 0 atom stereocenters. The predicted molar refractivity (Wildman–Crippen MR) is 90.7 cm³/mol. The molecule has 0 bridgehead atoms. The molecule has 3 rings (SSSR count). The van der Waals surface area contributed by atoms with E-state index in [1.54, 1.807) is 11.4 Å². The number of nitrogen functional groups attached to an aromatic ring is 1. The van der Waals surface area contributed by atoms with Crippen molar-refractivity contribution in [3.8, 4) is 10.6 Å². The summed E-state index contributed by atoms with van der Waals surface area (Å²) in [6, 6.07) is 10.3. The molecular formula is C17H13F2N3OS. The monoisotopic (exact) mass is 345 g/mol. The van der Waals surface area contributed by atoms with Gasteiger partial charge in [0.2, 0.25) is 5.91 Å². The molecule has 0 saturated carbocycles. The van der Waals surface area contributed by atoms with E-state index >= 15 is 0 Å². The molecule has 0 radical (unpaired) electrons. The molecule has 7 heteroatoms. The fraction of sp³-hybridized carbons (Fsp3) is 0.0588. The Balaban J connectivity index is 1.70. The quantitative estimate of drug-likeness (QED) is 0.706. The third kappa shape index (κ3) is 3.57. The fourth-order valence-corrected chi connectivity index (χ4v) is 3.02. The van der Waals surface area contributed by atoms with Crippen LogP contribution in [0, 0.1) is 11.6 Å². The first-order valence-corrected chi connectivity index (χ1v) is 7.95. The molecule has 1 amide bonds. The molecule has 0 spiro atoms. The molecule has 0 aliphatic rings. The highest BCUT2D eigenvalue weighted by molar-refractivity contribution is 7.13.